The Labute approximate surface area is 165 Å². The Morgan fingerprint density at radius 2 is 1.68 bits per heavy atom. The molecule has 0 fully saturated rings. The van der Waals surface area contributed by atoms with Crippen LogP contribution in [0.25, 0.3) is 0 Å². The van der Waals surface area contributed by atoms with Gasteiger partial charge in [-0.2, -0.15) is 5.10 Å². The van der Waals surface area contributed by atoms with E-state index < -0.39 is 0 Å². The first-order chi connectivity index (χ1) is 13.8. The van der Waals surface area contributed by atoms with Gasteiger partial charge in [0.05, 0.1) is 27.0 Å². The summed E-state index contributed by atoms with van der Waals surface area (Å²) in [7, 11) is 3.29. The molecule has 0 radical (unpaired) electrons. The van der Waals surface area contributed by atoms with Crippen molar-refractivity contribution in [2.45, 2.75) is 13.2 Å². The molecule has 0 aliphatic heterocycles. The van der Waals surface area contributed by atoms with E-state index in [9.17, 15) is 0 Å². The third-order valence-electron chi connectivity index (χ3n) is 4.17. The first kappa shape index (κ1) is 19.3. The molecule has 1 N–H and O–H groups in total. The smallest absolute Gasteiger partial charge is 0.125 e. The maximum Gasteiger partial charge on any atom is 0.125 e. The van der Waals surface area contributed by atoms with Crippen LogP contribution in [0.1, 0.15) is 16.7 Å². The largest absolute Gasteiger partial charge is 0.497 e. The Hall–Kier alpha value is -3.47. The monoisotopic (exact) mass is 376 g/mol. The number of benzene rings is 3. The lowest BCUT2D eigenvalue weighted by Crippen LogP contribution is -2.05. The second-order valence-corrected chi connectivity index (χ2v) is 6.12. The van der Waals surface area contributed by atoms with Gasteiger partial charge in [-0.25, -0.2) is 0 Å². The van der Waals surface area contributed by atoms with E-state index in [1.165, 1.54) is 5.56 Å². The molecular formula is C23H24N2O3. The topological polar surface area (TPSA) is 52.1 Å². The number of nitrogens with zero attached hydrogens (tertiary/aromatic N) is 1. The second kappa shape index (κ2) is 10.0. The number of hydrogen-bond donors (Lipinski definition) is 1. The van der Waals surface area contributed by atoms with Crippen LogP contribution < -0.4 is 19.6 Å². The van der Waals surface area contributed by atoms with Crippen molar-refractivity contribution in [1.29, 1.82) is 0 Å². The summed E-state index contributed by atoms with van der Waals surface area (Å²) in [5.41, 5.74) is 6.15. The van der Waals surface area contributed by atoms with E-state index in [-0.39, 0.29) is 0 Å². The Morgan fingerprint density at radius 3 is 2.46 bits per heavy atom. The van der Waals surface area contributed by atoms with E-state index >= 15 is 0 Å². The van der Waals surface area contributed by atoms with Crippen LogP contribution in [0, 0.1) is 0 Å². The minimum atomic E-state index is 0.384. The number of hydrazone groups is 1. The van der Waals surface area contributed by atoms with E-state index in [4.69, 9.17) is 14.2 Å². The van der Waals surface area contributed by atoms with Crippen LogP contribution in [0.15, 0.2) is 77.9 Å². The molecule has 0 unspecified atom stereocenters. The minimum absolute atomic E-state index is 0.384. The SMILES string of the molecule is COc1cccc(OCc2cc(C=NNCc3ccccc3)ccc2OC)c1. The van der Waals surface area contributed by atoms with Crippen LogP contribution in [0.4, 0.5) is 0 Å². The highest BCUT2D eigenvalue weighted by Gasteiger charge is 2.06. The number of ether oxygens (including phenoxy) is 3. The average Bonchev–Trinajstić information content (AvgIpc) is 2.76. The molecule has 3 aromatic carbocycles. The molecular weight excluding hydrogens is 352 g/mol. The first-order valence-corrected chi connectivity index (χ1v) is 9.02. The number of rotatable bonds is 9. The molecule has 3 aromatic rings. The highest BCUT2D eigenvalue weighted by Crippen LogP contribution is 2.24. The highest BCUT2D eigenvalue weighted by molar-refractivity contribution is 5.80. The summed E-state index contributed by atoms with van der Waals surface area (Å²) in [5.74, 6) is 2.28. The zero-order chi connectivity index (χ0) is 19.6. The average molecular weight is 376 g/mol. The second-order valence-electron chi connectivity index (χ2n) is 6.12. The van der Waals surface area contributed by atoms with Gasteiger partial charge in [0.1, 0.15) is 23.9 Å². The van der Waals surface area contributed by atoms with E-state index in [1.807, 2.05) is 60.7 Å². The van der Waals surface area contributed by atoms with Crippen LogP contribution >= 0.6 is 0 Å². The molecule has 0 atom stereocenters. The lowest BCUT2D eigenvalue weighted by atomic mass is 10.1. The zero-order valence-electron chi connectivity index (χ0n) is 16.1. The van der Waals surface area contributed by atoms with Gasteiger partial charge >= 0.3 is 0 Å². The van der Waals surface area contributed by atoms with Gasteiger partial charge in [-0.15, -0.1) is 0 Å². The minimum Gasteiger partial charge on any atom is -0.497 e. The summed E-state index contributed by atoms with van der Waals surface area (Å²) >= 11 is 0. The van der Waals surface area contributed by atoms with E-state index in [1.54, 1.807) is 20.4 Å². The molecule has 0 aliphatic rings. The molecule has 5 heteroatoms. The lowest BCUT2D eigenvalue weighted by Gasteiger charge is -2.12. The van der Waals surface area contributed by atoms with Crippen molar-refractivity contribution < 1.29 is 14.2 Å². The summed E-state index contributed by atoms with van der Waals surface area (Å²) < 4.78 is 16.6. The molecule has 0 saturated carbocycles. The van der Waals surface area contributed by atoms with Gasteiger partial charge in [0.25, 0.3) is 0 Å². The van der Waals surface area contributed by atoms with E-state index in [0.29, 0.717) is 13.2 Å². The maximum absolute atomic E-state index is 5.90. The molecule has 144 valence electrons. The predicted octanol–water partition coefficient (Wildman–Crippen LogP) is 4.41. The molecule has 3 rings (SSSR count). The van der Waals surface area contributed by atoms with Gasteiger partial charge in [-0.1, -0.05) is 36.4 Å². The van der Waals surface area contributed by atoms with Crippen LogP contribution in [0.3, 0.4) is 0 Å². The van der Waals surface area contributed by atoms with Gasteiger partial charge in [-0.05, 0) is 41.5 Å². The van der Waals surface area contributed by atoms with E-state index in [2.05, 4.69) is 22.7 Å². The van der Waals surface area contributed by atoms with Crippen molar-refractivity contribution in [3.8, 4) is 17.2 Å². The summed E-state index contributed by atoms with van der Waals surface area (Å²) in [6.07, 6.45) is 1.79. The summed E-state index contributed by atoms with van der Waals surface area (Å²) in [4.78, 5) is 0. The van der Waals surface area contributed by atoms with Crippen molar-refractivity contribution in [1.82, 2.24) is 5.43 Å². The Kier molecular flexibility index (Phi) is 6.90. The number of methoxy groups -OCH3 is 2. The molecule has 5 nitrogen and oxygen atoms in total. The third kappa shape index (κ3) is 5.51. The van der Waals surface area contributed by atoms with Crippen molar-refractivity contribution in [2.75, 3.05) is 14.2 Å². The van der Waals surface area contributed by atoms with Crippen LogP contribution in [0.2, 0.25) is 0 Å². The summed E-state index contributed by atoms with van der Waals surface area (Å²) in [6.45, 7) is 1.06. The number of nitrogens with one attached hydrogen (secondary N) is 1. The molecule has 0 bridgehead atoms. The predicted molar refractivity (Wildman–Crippen MR) is 111 cm³/mol. The Bertz CT molecular complexity index is 911. The third-order valence-corrected chi connectivity index (χ3v) is 4.17. The normalized spacial score (nSPS) is 10.6. The fraction of sp³-hybridized carbons (Fsp3) is 0.174. The first-order valence-electron chi connectivity index (χ1n) is 9.02. The summed E-state index contributed by atoms with van der Waals surface area (Å²) in [6, 6.07) is 23.6. The van der Waals surface area contributed by atoms with Crippen LogP contribution in [-0.4, -0.2) is 20.4 Å². The van der Waals surface area contributed by atoms with Gasteiger partial charge < -0.3 is 19.6 Å². The molecule has 28 heavy (non-hydrogen) atoms. The number of hydrogen-bond acceptors (Lipinski definition) is 5. The molecule has 0 heterocycles. The van der Waals surface area contributed by atoms with Crippen LogP contribution in [-0.2, 0) is 13.2 Å². The van der Waals surface area contributed by atoms with Gasteiger partial charge in [0, 0.05) is 11.6 Å². The standard InChI is InChI=1S/C23H24N2O3/c1-26-21-9-6-10-22(14-21)28-17-20-13-19(11-12-23(20)27-2)16-25-24-15-18-7-4-3-5-8-18/h3-14,16,24H,15,17H2,1-2H3. The van der Waals surface area contributed by atoms with Crippen molar-refractivity contribution >= 4 is 6.21 Å². The van der Waals surface area contributed by atoms with Crippen molar-refractivity contribution in [3.63, 3.8) is 0 Å². The molecule has 0 spiro atoms. The fourth-order valence-corrected chi connectivity index (χ4v) is 2.70. The lowest BCUT2D eigenvalue weighted by molar-refractivity contribution is 0.294. The summed E-state index contributed by atoms with van der Waals surface area (Å²) in [5, 5.41) is 4.30. The quantitative estimate of drug-likeness (QED) is 0.444. The van der Waals surface area contributed by atoms with Gasteiger partial charge in [0.15, 0.2) is 0 Å². The van der Waals surface area contributed by atoms with E-state index in [0.717, 1.165) is 28.4 Å². The molecule has 0 amide bonds. The molecule has 0 aromatic heterocycles. The maximum atomic E-state index is 5.90. The highest BCUT2D eigenvalue weighted by atomic mass is 16.5. The Morgan fingerprint density at radius 1 is 0.857 bits per heavy atom. The van der Waals surface area contributed by atoms with Gasteiger partial charge in [-0.3, -0.25) is 0 Å². The molecule has 0 aliphatic carbocycles. The zero-order valence-corrected chi connectivity index (χ0v) is 16.1. The van der Waals surface area contributed by atoms with Gasteiger partial charge in [0.2, 0.25) is 0 Å². The van der Waals surface area contributed by atoms with Crippen molar-refractivity contribution in [2.24, 2.45) is 5.10 Å². The molecule has 0 saturated heterocycles. The van der Waals surface area contributed by atoms with Crippen LogP contribution in [0.5, 0.6) is 17.2 Å². The Balaban J connectivity index is 1.63. The fourth-order valence-electron chi connectivity index (χ4n) is 2.70. The van der Waals surface area contributed by atoms with Crippen molar-refractivity contribution in [3.05, 3.63) is 89.5 Å².